The highest BCUT2D eigenvalue weighted by molar-refractivity contribution is 6.52. The number of rotatable bonds is 1. The van der Waals surface area contributed by atoms with Crippen LogP contribution in [0.25, 0.3) is 10.9 Å². The Morgan fingerprint density at radius 3 is 2.60 bits per heavy atom. The van der Waals surface area contributed by atoms with E-state index in [1.54, 1.807) is 0 Å². The molecule has 1 aliphatic heterocycles. The summed E-state index contributed by atoms with van der Waals surface area (Å²) in [5.41, 5.74) is 3.57. The van der Waals surface area contributed by atoms with Crippen LogP contribution < -0.4 is 27.5 Å². The van der Waals surface area contributed by atoms with Gasteiger partial charge in [-0.2, -0.15) is 0 Å². The number of piperidine rings is 1. The van der Waals surface area contributed by atoms with Gasteiger partial charge >= 0.3 is 0 Å². The van der Waals surface area contributed by atoms with Gasteiger partial charge in [0.25, 0.3) is 5.56 Å². The predicted molar refractivity (Wildman–Crippen MR) is 96.9 cm³/mol. The van der Waals surface area contributed by atoms with Crippen LogP contribution in [0.1, 0.15) is 12.2 Å². The monoisotopic (exact) mass is 326 g/mol. The number of aryl methyl sites for hydroxylation is 1. The first-order valence-corrected chi connectivity index (χ1v) is 7.35. The van der Waals surface area contributed by atoms with Crippen molar-refractivity contribution in [2.24, 2.45) is 0 Å². The van der Waals surface area contributed by atoms with Crippen molar-refractivity contribution in [3.8, 4) is 0 Å². The van der Waals surface area contributed by atoms with Crippen LogP contribution in [0.3, 0.4) is 0 Å². The molecule has 0 saturated carbocycles. The van der Waals surface area contributed by atoms with Crippen LogP contribution in [0.15, 0.2) is 10.9 Å². The van der Waals surface area contributed by atoms with Crippen LogP contribution >= 0.6 is 0 Å². The van der Waals surface area contributed by atoms with Crippen LogP contribution in [0.2, 0.25) is 5.82 Å². The standard InChI is InChI=1S/C14H10B4N4O3/c1-4-20-6-2-5(15)10(17)11(19)9(6)12(24)22(4)14(18)7(16)3-8(23)21-13(14)25/h2,7H,3,19H2,1H3,(H,21,23,25). The smallest absolute Gasteiger partial charge is 0.263 e. The zero-order chi connectivity index (χ0) is 18.7. The summed E-state index contributed by atoms with van der Waals surface area (Å²) in [6.45, 7) is 1.48. The maximum Gasteiger partial charge on any atom is 0.263 e. The molecule has 3 rings (SSSR count). The van der Waals surface area contributed by atoms with E-state index in [4.69, 9.17) is 37.1 Å². The summed E-state index contributed by atoms with van der Waals surface area (Å²) in [7, 11) is 23.6. The summed E-state index contributed by atoms with van der Waals surface area (Å²) in [6, 6.07) is 1.41. The van der Waals surface area contributed by atoms with E-state index in [1.165, 1.54) is 13.0 Å². The number of aromatic nitrogens is 2. The molecule has 2 amide bonds. The Morgan fingerprint density at radius 1 is 1.36 bits per heavy atom. The molecule has 0 aliphatic carbocycles. The molecular weight excluding hydrogens is 315 g/mol. The molecule has 7 nitrogen and oxygen atoms in total. The van der Waals surface area contributed by atoms with Gasteiger partial charge in [0.2, 0.25) is 11.8 Å². The maximum absolute atomic E-state index is 13.1. The third-order valence-corrected chi connectivity index (χ3v) is 4.40. The fourth-order valence-electron chi connectivity index (χ4n) is 3.03. The molecule has 1 saturated heterocycles. The number of nitrogens with one attached hydrogen (secondary N) is 1. The molecule has 1 aliphatic rings. The molecule has 2 atom stereocenters. The van der Waals surface area contributed by atoms with Crippen LogP contribution in [-0.4, -0.2) is 52.8 Å². The van der Waals surface area contributed by atoms with Crippen LogP contribution in [-0.2, 0) is 15.0 Å². The topological polar surface area (TPSA) is 107 Å². The lowest BCUT2D eigenvalue weighted by atomic mass is 9.56. The number of amides is 2. The number of benzene rings is 1. The molecular formula is C14H10B4N4O3. The first kappa shape index (κ1) is 17.4. The first-order valence-electron chi connectivity index (χ1n) is 7.35. The van der Waals surface area contributed by atoms with E-state index in [0.29, 0.717) is 0 Å². The van der Waals surface area contributed by atoms with Crippen molar-refractivity contribution in [3.05, 3.63) is 22.2 Å². The quantitative estimate of drug-likeness (QED) is 0.324. The van der Waals surface area contributed by atoms with Crippen molar-refractivity contribution in [2.75, 3.05) is 5.73 Å². The molecule has 1 aromatic heterocycles. The van der Waals surface area contributed by atoms with Gasteiger partial charge < -0.3 is 5.73 Å². The number of imide groups is 1. The summed E-state index contributed by atoms with van der Waals surface area (Å²) in [5, 5.41) is 2.06. The van der Waals surface area contributed by atoms with Gasteiger partial charge in [-0.05, 0) is 18.8 Å². The number of carbonyl (C=O) groups is 2. The molecule has 116 valence electrons. The van der Waals surface area contributed by atoms with Crippen molar-refractivity contribution >= 4 is 70.7 Å². The molecule has 1 aromatic carbocycles. The number of fused-ring (bicyclic) bond motifs is 1. The van der Waals surface area contributed by atoms with Gasteiger partial charge in [0.05, 0.1) is 24.2 Å². The number of carbonyl (C=O) groups excluding carboxylic acids is 2. The average Bonchev–Trinajstić information content (AvgIpc) is 2.50. The minimum absolute atomic E-state index is 0.0282. The number of hydrogen-bond donors (Lipinski definition) is 2. The van der Waals surface area contributed by atoms with Crippen molar-refractivity contribution in [1.82, 2.24) is 14.9 Å². The Balaban J connectivity index is 2.40. The Kier molecular flexibility index (Phi) is 3.85. The number of nitrogens with zero attached hydrogens (tertiary/aromatic N) is 2. The second kappa shape index (κ2) is 5.54. The Labute approximate surface area is 148 Å². The van der Waals surface area contributed by atoms with Crippen LogP contribution in [0.5, 0.6) is 0 Å². The van der Waals surface area contributed by atoms with E-state index < -0.39 is 28.6 Å². The lowest BCUT2D eigenvalue weighted by molar-refractivity contribution is -0.137. The summed E-state index contributed by atoms with van der Waals surface area (Å²) in [6.07, 6.45) is -0.231. The van der Waals surface area contributed by atoms with Gasteiger partial charge in [-0.3, -0.25) is 24.3 Å². The summed E-state index contributed by atoms with van der Waals surface area (Å²) in [4.78, 5) is 41.2. The molecule has 11 heteroatoms. The maximum atomic E-state index is 13.1. The van der Waals surface area contributed by atoms with Crippen molar-refractivity contribution in [1.29, 1.82) is 0 Å². The number of hydrogen-bond acceptors (Lipinski definition) is 5. The highest BCUT2D eigenvalue weighted by Crippen LogP contribution is 2.32. The summed E-state index contributed by atoms with van der Waals surface area (Å²) < 4.78 is 0.938. The van der Waals surface area contributed by atoms with Gasteiger partial charge in [0.1, 0.15) is 29.4 Å². The molecule has 8 radical (unpaired) electrons. The number of nitrogen functional groups attached to an aromatic ring is 1. The minimum atomic E-state index is -2.00. The van der Waals surface area contributed by atoms with E-state index in [-0.39, 0.29) is 39.8 Å². The minimum Gasteiger partial charge on any atom is -0.399 e. The molecule has 0 spiro atoms. The lowest BCUT2D eigenvalue weighted by Gasteiger charge is -2.40. The molecule has 1 fully saturated rings. The molecule has 2 unspecified atom stereocenters. The fraction of sp³-hybridized carbons (Fsp3) is 0.286. The summed E-state index contributed by atoms with van der Waals surface area (Å²) in [5.74, 6) is -2.49. The second-order valence-electron chi connectivity index (χ2n) is 6.00. The van der Waals surface area contributed by atoms with Gasteiger partial charge in [0, 0.05) is 12.1 Å². The number of anilines is 1. The SMILES string of the molecule is [B]c1cc2nc(C)n(C3([B])C(=O)NC(=O)CC3[B])c(=O)c2c(N)c1[B]. The van der Waals surface area contributed by atoms with Crippen LogP contribution in [0.4, 0.5) is 5.69 Å². The molecule has 0 bridgehead atoms. The van der Waals surface area contributed by atoms with E-state index in [1.807, 2.05) is 0 Å². The molecule has 25 heavy (non-hydrogen) atoms. The average molecular weight is 326 g/mol. The largest absolute Gasteiger partial charge is 0.399 e. The van der Waals surface area contributed by atoms with E-state index in [0.717, 1.165) is 4.57 Å². The normalized spacial score (nSPS) is 23.6. The lowest BCUT2D eigenvalue weighted by Crippen LogP contribution is -2.61. The van der Waals surface area contributed by atoms with E-state index in [2.05, 4.69) is 10.3 Å². The van der Waals surface area contributed by atoms with Crippen molar-refractivity contribution in [2.45, 2.75) is 24.6 Å². The highest BCUT2D eigenvalue weighted by Gasteiger charge is 2.46. The second-order valence-corrected chi connectivity index (χ2v) is 6.00. The molecule has 2 heterocycles. The molecule has 2 aromatic rings. The Hall–Kier alpha value is -2.44. The van der Waals surface area contributed by atoms with Crippen molar-refractivity contribution < 1.29 is 9.59 Å². The Bertz CT molecular complexity index is 1010. The third kappa shape index (κ3) is 2.33. The van der Waals surface area contributed by atoms with Crippen molar-refractivity contribution in [3.63, 3.8) is 0 Å². The summed E-state index contributed by atoms with van der Waals surface area (Å²) >= 11 is 0. The highest BCUT2D eigenvalue weighted by atomic mass is 16.2. The fourth-order valence-corrected chi connectivity index (χ4v) is 3.03. The van der Waals surface area contributed by atoms with Gasteiger partial charge in [-0.15, -0.1) is 0 Å². The van der Waals surface area contributed by atoms with E-state index >= 15 is 0 Å². The zero-order valence-electron chi connectivity index (χ0n) is 13.4. The first-order chi connectivity index (χ1) is 11.6. The molecule has 3 N–H and O–H groups in total. The van der Waals surface area contributed by atoms with Gasteiger partial charge in [-0.25, -0.2) is 4.98 Å². The third-order valence-electron chi connectivity index (χ3n) is 4.40. The number of nitrogens with two attached hydrogens (primary N) is 1. The zero-order valence-corrected chi connectivity index (χ0v) is 13.4. The van der Waals surface area contributed by atoms with Crippen LogP contribution in [0, 0.1) is 6.92 Å². The Morgan fingerprint density at radius 2 is 2.00 bits per heavy atom. The van der Waals surface area contributed by atoms with E-state index in [9.17, 15) is 14.4 Å². The predicted octanol–water partition coefficient (Wildman–Crippen LogP) is -3.30. The van der Waals surface area contributed by atoms with Gasteiger partial charge in [0.15, 0.2) is 0 Å². The van der Waals surface area contributed by atoms with Gasteiger partial charge in [-0.1, -0.05) is 10.9 Å².